The van der Waals surface area contributed by atoms with Gasteiger partial charge in [-0.25, -0.2) is 4.79 Å². The van der Waals surface area contributed by atoms with Gasteiger partial charge >= 0.3 is 6.09 Å². The normalized spacial score (nSPS) is 18.1. The van der Waals surface area contributed by atoms with E-state index in [1.807, 2.05) is 32.0 Å². The Kier molecular flexibility index (Phi) is 6.65. The van der Waals surface area contributed by atoms with Crippen LogP contribution >= 0.6 is 11.8 Å². The second-order valence-electron chi connectivity index (χ2n) is 7.92. The minimum atomic E-state index is -0.419. The first kappa shape index (κ1) is 21.5. The second-order valence-corrected chi connectivity index (χ2v) is 9.07. The highest BCUT2D eigenvalue weighted by molar-refractivity contribution is 8.00. The van der Waals surface area contributed by atoms with Gasteiger partial charge < -0.3 is 15.4 Å². The minimum Gasteiger partial charge on any atom is -0.446 e. The largest absolute Gasteiger partial charge is 0.446 e. The first-order valence-corrected chi connectivity index (χ1v) is 11.7. The number of amides is 2. The zero-order valence-corrected chi connectivity index (χ0v) is 18.7. The summed E-state index contributed by atoms with van der Waals surface area (Å²) >= 11 is 1.57. The number of nitrogens with zero attached hydrogens (tertiary/aromatic N) is 1. The number of rotatable bonds is 5. The van der Waals surface area contributed by atoms with Gasteiger partial charge in [0, 0.05) is 23.1 Å². The van der Waals surface area contributed by atoms with E-state index in [2.05, 4.69) is 27.0 Å². The van der Waals surface area contributed by atoms with Gasteiger partial charge in [0.2, 0.25) is 5.91 Å². The highest BCUT2D eigenvalue weighted by Crippen LogP contribution is 2.40. The summed E-state index contributed by atoms with van der Waals surface area (Å²) in [5.74, 6) is 0.0107. The lowest BCUT2D eigenvalue weighted by Gasteiger charge is -2.22. The van der Waals surface area contributed by atoms with Crippen LogP contribution in [-0.2, 0) is 9.53 Å². The van der Waals surface area contributed by atoms with Gasteiger partial charge in [-0.05, 0) is 56.4 Å². The number of ether oxygens (including phenoxy) is 1. The van der Waals surface area contributed by atoms with Crippen molar-refractivity contribution in [3.63, 3.8) is 0 Å². The molecule has 1 aromatic heterocycles. The summed E-state index contributed by atoms with van der Waals surface area (Å²) in [6.45, 7) is 3.70. The molecular weight excluding hydrogens is 412 g/mol. The molecule has 0 radical (unpaired) electrons. The summed E-state index contributed by atoms with van der Waals surface area (Å²) in [6, 6.07) is 8.00. The molecular formula is C23H28N4O3S. The fourth-order valence-corrected chi connectivity index (χ4v) is 4.90. The Labute approximate surface area is 186 Å². The van der Waals surface area contributed by atoms with E-state index >= 15 is 0 Å². The van der Waals surface area contributed by atoms with Crippen molar-refractivity contribution in [2.45, 2.75) is 68.9 Å². The number of fused-ring (bicyclic) bond motifs is 1. The summed E-state index contributed by atoms with van der Waals surface area (Å²) in [6.07, 6.45) is 7.16. The van der Waals surface area contributed by atoms with Gasteiger partial charge in [0.1, 0.15) is 6.10 Å². The molecule has 1 fully saturated rings. The fraction of sp³-hybridized carbons (Fsp3) is 0.435. The van der Waals surface area contributed by atoms with E-state index in [-0.39, 0.29) is 17.5 Å². The maximum atomic E-state index is 12.4. The number of pyridine rings is 1. The van der Waals surface area contributed by atoms with Crippen molar-refractivity contribution in [1.29, 1.82) is 0 Å². The smallest absolute Gasteiger partial charge is 0.411 e. The molecule has 8 heteroatoms. The highest BCUT2D eigenvalue weighted by atomic mass is 32.2. The molecule has 0 spiro atoms. The van der Waals surface area contributed by atoms with Gasteiger partial charge in [-0.15, -0.1) is 0 Å². The fourth-order valence-electron chi connectivity index (χ4n) is 3.82. The number of aryl methyl sites for hydroxylation is 1. The van der Waals surface area contributed by atoms with Crippen LogP contribution in [-0.4, -0.2) is 28.6 Å². The molecule has 1 aliphatic carbocycles. The molecule has 1 saturated carbocycles. The molecule has 2 heterocycles. The van der Waals surface area contributed by atoms with Crippen molar-refractivity contribution in [1.82, 2.24) is 10.3 Å². The molecule has 3 N–H and O–H groups in total. The lowest BCUT2D eigenvalue weighted by Crippen LogP contribution is -2.35. The van der Waals surface area contributed by atoms with Gasteiger partial charge in [-0.1, -0.05) is 31.2 Å². The molecule has 4 rings (SSSR count). The van der Waals surface area contributed by atoms with Crippen LogP contribution < -0.4 is 16.0 Å². The monoisotopic (exact) mass is 440 g/mol. The number of carbonyl (C=O) groups is 2. The number of aromatic nitrogens is 1. The molecule has 31 heavy (non-hydrogen) atoms. The van der Waals surface area contributed by atoms with Crippen LogP contribution in [0.25, 0.3) is 11.1 Å². The van der Waals surface area contributed by atoms with Crippen LogP contribution in [0, 0.1) is 6.92 Å². The van der Waals surface area contributed by atoms with Crippen LogP contribution in [0.2, 0.25) is 0 Å². The van der Waals surface area contributed by atoms with Crippen molar-refractivity contribution in [2.75, 3.05) is 10.6 Å². The van der Waals surface area contributed by atoms with Crippen LogP contribution in [0.15, 0.2) is 35.4 Å². The van der Waals surface area contributed by atoms with Gasteiger partial charge in [-0.2, -0.15) is 0 Å². The standard InChI is InChI=1S/C23H28N4O3S/c1-3-21(28)27-22-25-18-10-9-15(12-20(18)31-22)16-11-19(14(2)24-13-16)26-23(29)30-17-7-5-4-6-8-17/h9-13,17,22,25H,3-8H2,1-2H3,(H,26,29)(H,27,28). The number of carbonyl (C=O) groups excluding carboxylic acids is 2. The van der Waals surface area contributed by atoms with Crippen LogP contribution in [0.3, 0.4) is 0 Å². The van der Waals surface area contributed by atoms with E-state index in [1.165, 1.54) is 6.42 Å². The summed E-state index contributed by atoms with van der Waals surface area (Å²) in [5, 5.41) is 9.12. The first-order chi connectivity index (χ1) is 15.0. The second kappa shape index (κ2) is 9.60. The Morgan fingerprint density at radius 2 is 2.00 bits per heavy atom. The molecule has 0 bridgehead atoms. The zero-order valence-electron chi connectivity index (χ0n) is 17.9. The molecule has 7 nitrogen and oxygen atoms in total. The minimum absolute atomic E-state index is 0.00702. The summed E-state index contributed by atoms with van der Waals surface area (Å²) in [7, 11) is 0. The SMILES string of the molecule is CCC(=O)NC1Nc2ccc(-c3cnc(C)c(NC(=O)OC4CCCCC4)c3)cc2S1. The maximum Gasteiger partial charge on any atom is 0.411 e. The predicted octanol–water partition coefficient (Wildman–Crippen LogP) is 5.27. The zero-order chi connectivity index (χ0) is 21.8. The molecule has 1 atom stereocenters. The third-order valence-corrected chi connectivity index (χ3v) is 6.67. The van der Waals surface area contributed by atoms with Gasteiger partial charge in [0.05, 0.1) is 17.1 Å². The summed E-state index contributed by atoms with van der Waals surface area (Å²) < 4.78 is 5.59. The molecule has 2 amide bonds. The van der Waals surface area contributed by atoms with Crippen molar-refractivity contribution in [3.05, 3.63) is 36.2 Å². The number of hydrogen-bond acceptors (Lipinski definition) is 6. The van der Waals surface area contributed by atoms with Crippen molar-refractivity contribution >= 4 is 35.1 Å². The highest BCUT2D eigenvalue weighted by Gasteiger charge is 2.23. The molecule has 1 aromatic carbocycles. The molecule has 0 saturated heterocycles. The number of anilines is 2. The average molecular weight is 441 g/mol. The predicted molar refractivity (Wildman–Crippen MR) is 123 cm³/mol. The lowest BCUT2D eigenvalue weighted by molar-refractivity contribution is -0.120. The Hall–Kier alpha value is -2.74. The Bertz CT molecular complexity index is 975. The maximum absolute atomic E-state index is 12.4. The number of benzene rings is 1. The average Bonchev–Trinajstić information content (AvgIpc) is 3.17. The van der Waals surface area contributed by atoms with E-state index in [0.29, 0.717) is 12.1 Å². The molecule has 2 aromatic rings. The van der Waals surface area contributed by atoms with Crippen molar-refractivity contribution in [2.24, 2.45) is 0 Å². The number of thioether (sulfide) groups is 1. The Balaban J connectivity index is 1.45. The van der Waals surface area contributed by atoms with E-state index in [0.717, 1.165) is 53.1 Å². The Morgan fingerprint density at radius 1 is 1.19 bits per heavy atom. The van der Waals surface area contributed by atoms with E-state index in [9.17, 15) is 9.59 Å². The topological polar surface area (TPSA) is 92.4 Å². The molecule has 1 aliphatic heterocycles. The number of nitrogens with one attached hydrogen (secondary N) is 3. The van der Waals surface area contributed by atoms with Crippen molar-refractivity contribution < 1.29 is 14.3 Å². The van der Waals surface area contributed by atoms with Gasteiger partial charge in [0.15, 0.2) is 5.50 Å². The van der Waals surface area contributed by atoms with E-state index in [4.69, 9.17) is 4.74 Å². The third kappa shape index (κ3) is 5.31. The van der Waals surface area contributed by atoms with Gasteiger partial charge in [0.25, 0.3) is 0 Å². The Morgan fingerprint density at radius 3 is 2.77 bits per heavy atom. The van der Waals surface area contributed by atoms with Crippen molar-refractivity contribution in [3.8, 4) is 11.1 Å². The molecule has 2 aliphatic rings. The van der Waals surface area contributed by atoms with Crippen LogP contribution in [0.4, 0.5) is 16.2 Å². The summed E-state index contributed by atoms with van der Waals surface area (Å²) in [4.78, 5) is 29.6. The van der Waals surface area contributed by atoms with Crippen LogP contribution in [0.1, 0.15) is 51.1 Å². The first-order valence-electron chi connectivity index (χ1n) is 10.8. The van der Waals surface area contributed by atoms with E-state index < -0.39 is 6.09 Å². The van der Waals surface area contributed by atoms with Crippen LogP contribution in [0.5, 0.6) is 0 Å². The van der Waals surface area contributed by atoms with E-state index in [1.54, 1.807) is 18.0 Å². The third-order valence-electron chi connectivity index (χ3n) is 5.61. The quantitative estimate of drug-likeness (QED) is 0.587. The summed E-state index contributed by atoms with van der Waals surface area (Å²) in [5.41, 5.74) is 4.11. The van der Waals surface area contributed by atoms with Gasteiger partial charge in [-0.3, -0.25) is 15.1 Å². The number of hydrogen-bond donors (Lipinski definition) is 3. The molecule has 164 valence electrons. The molecule has 1 unspecified atom stereocenters. The lowest BCUT2D eigenvalue weighted by atomic mass is 9.98.